The van der Waals surface area contributed by atoms with Crippen LogP contribution in [-0.2, 0) is 0 Å². The molecule has 1 rings (SSSR count). The van der Waals surface area contributed by atoms with Gasteiger partial charge in [-0.1, -0.05) is 39.8 Å². The van der Waals surface area contributed by atoms with E-state index in [2.05, 4.69) is 0 Å². The average molecular weight is 226 g/mol. The smallest absolute Gasteiger partial charge is 0.225 e. The van der Waals surface area contributed by atoms with Crippen LogP contribution in [0.2, 0.25) is 11.1 Å². The van der Waals surface area contributed by atoms with Gasteiger partial charge in [0.05, 0.1) is 0 Å². The van der Waals surface area contributed by atoms with Gasteiger partial charge in [0, 0.05) is 0 Å². The number of halogens is 1. The molecule has 1 aromatic carbocycles. The highest BCUT2D eigenvalue weighted by molar-refractivity contribution is 6.87. The van der Waals surface area contributed by atoms with Gasteiger partial charge >= 0.3 is 0 Å². The zero-order valence-electron chi connectivity index (χ0n) is 9.79. The van der Waals surface area contributed by atoms with Gasteiger partial charge in [0.25, 0.3) is 0 Å². The van der Waals surface area contributed by atoms with E-state index in [-0.39, 0.29) is 16.9 Å². The summed E-state index contributed by atoms with van der Waals surface area (Å²) in [4.78, 5) is 10.7. The van der Waals surface area contributed by atoms with E-state index in [0.29, 0.717) is 0 Å². The molecule has 1 aromatic rings. The molecule has 0 aliphatic heterocycles. The Bertz CT molecular complexity index is 328. The van der Waals surface area contributed by atoms with Crippen LogP contribution < -0.4 is 5.19 Å². The molecule has 1 nitrogen and oxygen atoms in total. The van der Waals surface area contributed by atoms with Crippen LogP contribution in [0.3, 0.4) is 0 Å². The minimum absolute atomic E-state index is 0.194. The molecule has 15 heavy (non-hydrogen) atoms. The van der Waals surface area contributed by atoms with E-state index >= 15 is 0 Å². The second-order valence-electron chi connectivity index (χ2n) is 4.65. The standard InChI is InChI=1S/C12H19FOSi/c1-9(2)15(14,10(3)4)12-7-5-6-11(13)8-12/h5-10,14H,1-4H3. The molecule has 0 amide bonds. The summed E-state index contributed by atoms with van der Waals surface area (Å²) >= 11 is 0. The monoisotopic (exact) mass is 226 g/mol. The third-order valence-electron chi connectivity index (χ3n) is 3.05. The predicted octanol–water partition coefficient (Wildman–Crippen LogP) is 2.79. The lowest BCUT2D eigenvalue weighted by Gasteiger charge is -2.33. The van der Waals surface area contributed by atoms with Gasteiger partial charge in [-0.25, -0.2) is 4.39 Å². The summed E-state index contributed by atoms with van der Waals surface area (Å²) in [5.74, 6) is -0.264. The van der Waals surface area contributed by atoms with Crippen molar-refractivity contribution in [1.82, 2.24) is 0 Å². The van der Waals surface area contributed by atoms with Crippen LogP contribution in [0.15, 0.2) is 24.3 Å². The summed E-state index contributed by atoms with van der Waals surface area (Å²) in [6.45, 7) is 8.04. The van der Waals surface area contributed by atoms with Gasteiger partial charge in [-0.3, -0.25) is 0 Å². The lowest BCUT2D eigenvalue weighted by atomic mass is 10.3. The maximum atomic E-state index is 13.1. The minimum Gasteiger partial charge on any atom is -0.427 e. The second kappa shape index (κ2) is 4.45. The summed E-state index contributed by atoms with van der Waals surface area (Å²) in [7, 11) is -2.55. The minimum atomic E-state index is -2.55. The first-order chi connectivity index (χ1) is 6.89. The highest BCUT2D eigenvalue weighted by Crippen LogP contribution is 2.29. The molecule has 0 aliphatic rings. The van der Waals surface area contributed by atoms with Crippen molar-refractivity contribution in [1.29, 1.82) is 0 Å². The first-order valence-electron chi connectivity index (χ1n) is 5.37. The zero-order valence-corrected chi connectivity index (χ0v) is 10.8. The molecule has 3 heteroatoms. The third-order valence-corrected chi connectivity index (χ3v) is 7.80. The molecule has 0 atom stereocenters. The topological polar surface area (TPSA) is 20.2 Å². The van der Waals surface area contributed by atoms with E-state index in [4.69, 9.17) is 0 Å². The van der Waals surface area contributed by atoms with Crippen LogP contribution in [0, 0.1) is 5.82 Å². The molecule has 0 bridgehead atoms. The Morgan fingerprint density at radius 3 is 2.07 bits per heavy atom. The van der Waals surface area contributed by atoms with E-state index in [1.165, 1.54) is 12.1 Å². The summed E-state index contributed by atoms with van der Waals surface area (Å²) in [5, 5.41) is 0.799. The van der Waals surface area contributed by atoms with E-state index in [1.54, 1.807) is 6.07 Å². The molecule has 0 radical (unpaired) electrons. The number of rotatable bonds is 3. The Kier molecular flexibility index (Phi) is 3.68. The first kappa shape index (κ1) is 12.4. The molecule has 0 aliphatic carbocycles. The van der Waals surface area contributed by atoms with Crippen LogP contribution in [0.1, 0.15) is 27.7 Å². The molecule has 1 N–H and O–H groups in total. The number of benzene rings is 1. The molecule has 0 saturated carbocycles. The second-order valence-corrected chi connectivity index (χ2v) is 9.18. The van der Waals surface area contributed by atoms with Crippen molar-refractivity contribution in [2.24, 2.45) is 0 Å². The van der Waals surface area contributed by atoms with Crippen LogP contribution in [0.25, 0.3) is 0 Å². The molecule has 0 fully saturated rings. The van der Waals surface area contributed by atoms with Gasteiger partial charge in [0.1, 0.15) is 5.82 Å². The molecular formula is C12H19FOSi. The van der Waals surface area contributed by atoms with Crippen molar-refractivity contribution in [3.63, 3.8) is 0 Å². The summed E-state index contributed by atoms with van der Waals surface area (Å²) < 4.78 is 13.1. The lowest BCUT2D eigenvalue weighted by molar-refractivity contribution is 0.512. The van der Waals surface area contributed by atoms with Crippen LogP contribution in [-0.4, -0.2) is 13.1 Å². The first-order valence-corrected chi connectivity index (χ1v) is 7.47. The Labute approximate surface area is 92.1 Å². The molecule has 0 saturated heterocycles. The summed E-state index contributed by atoms with van der Waals surface area (Å²) in [6.07, 6.45) is 0. The number of hydrogen-bond donors (Lipinski definition) is 1. The number of hydrogen-bond acceptors (Lipinski definition) is 1. The maximum Gasteiger partial charge on any atom is 0.225 e. The van der Waals surface area contributed by atoms with Crippen LogP contribution in [0.5, 0.6) is 0 Å². The van der Waals surface area contributed by atoms with E-state index < -0.39 is 8.32 Å². The van der Waals surface area contributed by atoms with Crippen molar-refractivity contribution < 1.29 is 9.19 Å². The SMILES string of the molecule is CC(C)[Si](O)(c1cccc(F)c1)C(C)C. The summed E-state index contributed by atoms with van der Waals surface area (Å²) in [5.41, 5.74) is 0.388. The molecule has 0 spiro atoms. The summed E-state index contributed by atoms with van der Waals surface area (Å²) in [6, 6.07) is 6.41. The highest BCUT2D eigenvalue weighted by atomic mass is 28.4. The fraction of sp³-hybridized carbons (Fsp3) is 0.500. The van der Waals surface area contributed by atoms with Gasteiger partial charge in [0.15, 0.2) is 0 Å². The van der Waals surface area contributed by atoms with Crippen molar-refractivity contribution in [2.75, 3.05) is 0 Å². The van der Waals surface area contributed by atoms with Crippen molar-refractivity contribution in [3.8, 4) is 0 Å². The molecular weight excluding hydrogens is 207 g/mol. The Morgan fingerprint density at radius 1 is 1.13 bits per heavy atom. The van der Waals surface area contributed by atoms with Crippen LogP contribution >= 0.6 is 0 Å². The highest BCUT2D eigenvalue weighted by Gasteiger charge is 2.40. The Morgan fingerprint density at radius 2 is 1.67 bits per heavy atom. The van der Waals surface area contributed by atoms with Crippen molar-refractivity contribution >= 4 is 13.5 Å². The average Bonchev–Trinajstić information content (AvgIpc) is 2.15. The molecule has 0 aromatic heterocycles. The van der Waals surface area contributed by atoms with Gasteiger partial charge in [-0.05, 0) is 28.4 Å². The Balaban J connectivity index is 3.21. The van der Waals surface area contributed by atoms with E-state index in [0.717, 1.165) is 5.19 Å². The fourth-order valence-corrected chi connectivity index (χ4v) is 5.47. The van der Waals surface area contributed by atoms with Crippen molar-refractivity contribution in [3.05, 3.63) is 30.1 Å². The zero-order chi connectivity index (χ0) is 11.6. The largest absolute Gasteiger partial charge is 0.427 e. The molecule has 0 unspecified atom stereocenters. The van der Waals surface area contributed by atoms with Crippen molar-refractivity contribution in [2.45, 2.75) is 38.8 Å². The van der Waals surface area contributed by atoms with Crippen LogP contribution in [0.4, 0.5) is 4.39 Å². The van der Waals surface area contributed by atoms with E-state index in [1.807, 2.05) is 33.8 Å². The lowest BCUT2D eigenvalue weighted by Crippen LogP contribution is -2.53. The fourth-order valence-electron chi connectivity index (χ4n) is 2.07. The predicted molar refractivity (Wildman–Crippen MR) is 64.2 cm³/mol. The maximum absolute atomic E-state index is 13.1. The third kappa shape index (κ3) is 2.29. The Hall–Kier alpha value is -0.673. The van der Waals surface area contributed by atoms with Gasteiger partial charge in [0.2, 0.25) is 8.32 Å². The quantitative estimate of drug-likeness (QED) is 0.786. The van der Waals surface area contributed by atoms with Gasteiger partial charge < -0.3 is 4.80 Å². The van der Waals surface area contributed by atoms with Gasteiger partial charge in [-0.2, -0.15) is 0 Å². The van der Waals surface area contributed by atoms with E-state index in [9.17, 15) is 9.19 Å². The molecule has 84 valence electrons. The molecule has 0 heterocycles. The normalized spacial score (nSPS) is 12.5. The van der Waals surface area contributed by atoms with Gasteiger partial charge in [-0.15, -0.1) is 0 Å².